The van der Waals surface area contributed by atoms with Gasteiger partial charge in [-0.1, -0.05) is 6.42 Å². The number of nitrogen functional groups attached to an aromatic ring is 1. The zero-order valence-corrected chi connectivity index (χ0v) is 16.2. The van der Waals surface area contributed by atoms with Crippen LogP contribution >= 0.6 is 0 Å². The molecule has 0 aliphatic heterocycles. The Kier molecular flexibility index (Phi) is 8.14. The highest BCUT2D eigenvalue weighted by atomic mass is 19.1. The van der Waals surface area contributed by atoms with Crippen LogP contribution in [0.15, 0.2) is 42.5 Å². The Balaban J connectivity index is 1.66. The number of amides is 2. The van der Waals surface area contributed by atoms with Gasteiger partial charge < -0.3 is 21.1 Å². The molecule has 2 amide bonds. The number of hydrogen-bond acceptors (Lipinski definition) is 5. The van der Waals surface area contributed by atoms with Crippen LogP contribution in [0, 0.1) is 5.82 Å². The van der Waals surface area contributed by atoms with Gasteiger partial charge in [-0.05, 0) is 55.3 Å². The third-order valence-corrected chi connectivity index (χ3v) is 4.18. The summed E-state index contributed by atoms with van der Waals surface area (Å²) in [6.45, 7) is 0. The van der Waals surface area contributed by atoms with Crippen molar-refractivity contribution in [2.75, 3.05) is 23.5 Å². The Morgan fingerprint density at radius 2 is 1.55 bits per heavy atom. The van der Waals surface area contributed by atoms with Crippen LogP contribution in [0.5, 0.6) is 0 Å². The third-order valence-electron chi connectivity index (χ3n) is 4.18. The lowest BCUT2D eigenvalue weighted by atomic mass is 10.1. The van der Waals surface area contributed by atoms with Crippen molar-refractivity contribution in [1.29, 1.82) is 0 Å². The number of hydrogen-bond donors (Lipinski definition) is 3. The van der Waals surface area contributed by atoms with Crippen LogP contribution in [0.3, 0.4) is 0 Å². The number of anilines is 3. The monoisotopic (exact) mass is 401 g/mol. The molecule has 0 unspecified atom stereocenters. The van der Waals surface area contributed by atoms with E-state index in [0.29, 0.717) is 42.6 Å². The number of unbranched alkanes of at least 4 members (excludes halogenated alkanes) is 2. The van der Waals surface area contributed by atoms with E-state index in [4.69, 9.17) is 5.73 Å². The Morgan fingerprint density at radius 1 is 0.931 bits per heavy atom. The second-order valence-corrected chi connectivity index (χ2v) is 6.46. The van der Waals surface area contributed by atoms with Crippen molar-refractivity contribution in [3.05, 3.63) is 53.8 Å². The first kappa shape index (κ1) is 21.9. The highest BCUT2D eigenvalue weighted by molar-refractivity contribution is 5.96. The number of carbonyl (C=O) groups excluding carboxylic acids is 3. The van der Waals surface area contributed by atoms with Crippen LogP contribution in [0.2, 0.25) is 0 Å². The van der Waals surface area contributed by atoms with E-state index < -0.39 is 5.97 Å². The highest BCUT2D eigenvalue weighted by Crippen LogP contribution is 2.21. The first-order valence-corrected chi connectivity index (χ1v) is 9.22. The lowest BCUT2D eigenvalue weighted by Gasteiger charge is -2.09. The Labute approximate surface area is 168 Å². The summed E-state index contributed by atoms with van der Waals surface area (Å²) in [7, 11) is 1.28. The predicted molar refractivity (Wildman–Crippen MR) is 109 cm³/mol. The van der Waals surface area contributed by atoms with E-state index in [1.165, 1.54) is 43.5 Å². The standard InChI is InChI=1S/C21H24FN3O4/c1-29-21(28)14-7-12-18(17(23)13-14)25-20(27)6-4-2-3-5-19(26)24-16-10-8-15(22)9-11-16/h7-13H,2-6,23H2,1H3,(H,24,26)(H,25,27). The Morgan fingerprint density at radius 3 is 2.14 bits per heavy atom. The van der Waals surface area contributed by atoms with Crippen molar-refractivity contribution in [3.8, 4) is 0 Å². The van der Waals surface area contributed by atoms with Crippen molar-refractivity contribution in [3.63, 3.8) is 0 Å². The van der Waals surface area contributed by atoms with Crippen molar-refractivity contribution in [2.24, 2.45) is 0 Å². The number of rotatable bonds is 9. The molecule has 2 aromatic rings. The third kappa shape index (κ3) is 7.25. The molecule has 0 aliphatic carbocycles. The van der Waals surface area contributed by atoms with Gasteiger partial charge in [0.2, 0.25) is 11.8 Å². The van der Waals surface area contributed by atoms with Crippen LogP contribution in [-0.4, -0.2) is 24.9 Å². The minimum Gasteiger partial charge on any atom is -0.465 e. The molecule has 0 radical (unpaired) electrons. The second-order valence-electron chi connectivity index (χ2n) is 6.46. The van der Waals surface area contributed by atoms with Crippen LogP contribution < -0.4 is 16.4 Å². The van der Waals surface area contributed by atoms with Gasteiger partial charge in [0.1, 0.15) is 5.82 Å². The van der Waals surface area contributed by atoms with Gasteiger partial charge in [0.25, 0.3) is 0 Å². The number of methoxy groups -OCH3 is 1. The van der Waals surface area contributed by atoms with Crippen LogP contribution in [-0.2, 0) is 14.3 Å². The summed E-state index contributed by atoms with van der Waals surface area (Å²) in [5.74, 6) is -1.21. The van der Waals surface area contributed by atoms with Gasteiger partial charge in [-0.25, -0.2) is 9.18 Å². The lowest BCUT2D eigenvalue weighted by molar-refractivity contribution is -0.116. The van der Waals surface area contributed by atoms with Crippen molar-refractivity contribution in [2.45, 2.75) is 32.1 Å². The SMILES string of the molecule is COC(=O)c1ccc(NC(=O)CCCCCC(=O)Nc2ccc(F)cc2)c(N)c1. The summed E-state index contributed by atoms with van der Waals surface area (Å²) in [6.07, 6.45) is 2.58. The van der Waals surface area contributed by atoms with E-state index in [1.807, 2.05) is 0 Å². The number of nitrogens with one attached hydrogen (secondary N) is 2. The zero-order valence-electron chi connectivity index (χ0n) is 16.2. The maximum atomic E-state index is 12.8. The van der Waals surface area contributed by atoms with E-state index in [0.717, 1.165) is 0 Å². The number of ether oxygens (including phenoxy) is 1. The smallest absolute Gasteiger partial charge is 0.337 e. The molecular weight excluding hydrogens is 377 g/mol. The summed E-state index contributed by atoms with van der Waals surface area (Å²) in [4.78, 5) is 35.3. The molecule has 0 heterocycles. The van der Waals surface area contributed by atoms with Gasteiger partial charge >= 0.3 is 5.97 Å². The molecule has 154 valence electrons. The van der Waals surface area contributed by atoms with E-state index in [-0.39, 0.29) is 29.7 Å². The Hall–Kier alpha value is -3.42. The molecule has 0 atom stereocenters. The molecule has 2 rings (SSSR count). The summed E-state index contributed by atoms with van der Waals surface area (Å²) in [5.41, 5.74) is 7.42. The van der Waals surface area contributed by atoms with Crippen molar-refractivity contribution in [1.82, 2.24) is 0 Å². The van der Waals surface area contributed by atoms with E-state index in [2.05, 4.69) is 15.4 Å². The molecule has 0 spiro atoms. The van der Waals surface area contributed by atoms with Gasteiger partial charge in [0.05, 0.1) is 24.0 Å². The first-order chi connectivity index (χ1) is 13.9. The van der Waals surface area contributed by atoms with Crippen LogP contribution in [0.1, 0.15) is 42.5 Å². The molecular formula is C21H24FN3O4. The molecule has 0 saturated heterocycles. The molecule has 0 bridgehead atoms. The number of nitrogens with two attached hydrogens (primary N) is 1. The average molecular weight is 401 g/mol. The fourth-order valence-electron chi connectivity index (χ4n) is 2.64. The fourth-order valence-corrected chi connectivity index (χ4v) is 2.64. The molecule has 0 fully saturated rings. The molecule has 0 aromatic heterocycles. The summed E-state index contributed by atoms with van der Waals surface area (Å²) < 4.78 is 17.4. The van der Waals surface area contributed by atoms with Crippen molar-refractivity contribution >= 4 is 34.8 Å². The molecule has 29 heavy (non-hydrogen) atoms. The zero-order chi connectivity index (χ0) is 21.2. The normalized spacial score (nSPS) is 10.3. The van der Waals surface area contributed by atoms with Gasteiger partial charge in [0.15, 0.2) is 0 Å². The summed E-state index contributed by atoms with van der Waals surface area (Å²) in [5, 5.41) is 5.40. The lowest BCUT2D eigenvalue weighted by Crippen LogP contribution is -2.13. The van der Waals surface area contributed by atoms with Gasteiger partial charge in [-0.3, -0.25) is 9.59 Å². The van der Waals surface area contributed by atoms with Crippen LogP contribution in [0.4, 0.5) is 21.5 Å². The fraction of sp³-hybridized carbons (Fsp3) is 0.286. The van der Waals surface area contributed by atoms with Crippen LogP contribution in [0.25, 0.3) is 0 Å². The highest BCUT2D eigenvalue weighted by Gasteiger charge is 2.10. The van der Waals surface area contributed by atoms with Crippen molar-refractivity contribution < 1.29 is 23.5 Å². The molecule has 2 aromatic carbocycles. The van der Waals surface area contributed by atoms with Gasteiger partial charge in [-0.15, -0.1) is 0 Å². The largest absolute Gasteiger partial charge is 0.465 e. The molecule has 0 aliphatic rings. The maximum Gasteiger partial charge on any atom is 0.337 e. The predicted octanol–water partition coefficient (Wildman–Crippen LogP) is 3.72. The Bertz CT molecular complexity index is 869. The van der Waals surface area contributed by atoms with E-state index >= 15 is 0 Å². The quantitative estimate of drug-likeness (QED) is 0.337. The van der Waals surface area contributed by atoms with Gasteiger partial charge in [-0.2, -0.15) is 0 Å². The molecule has 7 nitrogen and oxygen atoms in total. The summed E-state index contributed by atoms with van der Waals surface area (Å²) >= 11 is 0. The minimum absolute atomic E-state index is 0.153. The van der Waals surface area contributed by atoms with E-state index in [9.17, 15) is 18.8 Å². The minimum atomic E-state index is -0.502. The maximum absolute atomic E-state index is 12.8. The topological polar surface area (TPSA) is 111 Å². The number of carbonyl (C=O) groups is 3. The summed E-state index contributed by atoms with van der Waals surface area (Å²) in [6, 6.07) is 10.1. The average Bonchev–Trinajstić information content (AvgIpc) is 2.70. The van der Waals surface area contributed by atoms with Gasteiger partial charge in [0, 0.05) is 18.5 Å². The molecule has 8 heteroatoms. The molecule has 0 saturated carbocycles. The molecule has 4 N–H and O–H groups in total. The number of esters is 1. The number of benzene rings is 2. The number of halogens is 1. The second kappa shape index (κ2) is 10.8. The first-order valence-electron chi connectivity index (χ1n) is 9.22. The van der Waals surface area contributed by atoms with E-state index in [1.54, 1.807) is 6.07 Å².